The highest BCUT2D eigenvalue weighted by molar-refractivity contribution is 7.92. The topological polar surface area (TPSA) is 88.5 Å². The van der Waals surface area contributed by atoms with E-state index in [1.165, 1.54) is 12.1 Å². The summed E-state index contributed by atoms with van der Waals surface area (Å²) in [7, 11) is -3.79. The smallest absolute Gasteiger partial charge is 0.308 e. The number of likely N-dealkylation sites (tertiary alicyclic amines) is 1. The summed E-state index contributed by atoms with van der Waals surface area (Å²) in [4.78, 5) is 26.6. The van der Waals surface area contributed by atoms with Crippen molar-refractivity contribution in [3.8, 4) is 0 Å². The Balaban J connectivity index is 1.57. The molecule has 0 radical (unpaired) electrons. The lowest BCUT2D eigenvalue weighted by molar-refractivity contribution is -0.130. The minimum absolute atomic E-state index is 0.0561. The molecule has 3 aromatic rings. The minimum Gasteiger partial charge on any atom is -0.343 e. The van der Waals surface area contributed by atoms with Gasteiger partial charge in [0.15, 0.2) is 0 Å². The van der Waals surface area contributed by atoms with Crippen molar-refractivity contribution in [2.24, 2.45) is 0 Å². The molecule has 7 nitrogen and oxygen atoms in total. The van der Waals surface area contributed by atoms with Gasteiger partial charge in [0.2, 0.25) is 5.91 Å². The molecule has 1 N–H and O–H groups in total. The van der Waals surface area contributed by atoms with Gasteiger partial charge in [0.1, 0.15) is 0 Å². The van der Waals surface area contributed by atoms with E-state index in [9.17, 15) is 18.0 Å². The quantitative estimate of drug-likeness (QED) is 0.611. The van der Waals surface area contributed by atoms with Crippen LogP contribution in [-0.4, -0.2) is 36.9 Å². The van der Waals surface area contributed by atoms with Crippen LogP contribution in [-0.2, 0) is 21.4 Å². The van der Waals surface area contributed by atoms with Crippen LogP contribution in [0.1, 0.15) is 30.4 Å². The highest BCUT2D eigenvalue weighted by atomic mass is 32.2. The largest absolute Gasteiger partial charge is 0.343 e. The van der Waals surface area contributed by atoms with Crippen LogP contribution in [0.5, 0.6) is 0 Å². The molecule has 1 aliphatic rings. The molecule has 1 saturated heterocycles. The van der Waals surface area contributed by atoms with Gasteiger partial charge in [-0.1, -0.05) is 17.4 Å². The highest BCUT2D eigenvalue weighted by Crippen LogP contribution is 2.24. The number of nitrogens with one attached hydrogen (secondary N) is 1. The van der Waals surface area contributed by atoms with Crippen LogP contribution < -0.4 is 9.60 Å². The second-order valence-electron chi connectivity index (χ2n) is 7.97. The fraction of sp³-hybridized carbons (Fsp3) is 0.364. The van der Waals surface area contributed by atoms with Crippen LogP contribution in [0.15, 0.2) is 46.1 Å². The third kappa shape index (κ3) is 4.67. The van der Waals surface area contributed by atoms with Gasteiger partial charge in [-0.05, 0) is 68.1 Å². The van der Waals surface area contributed by atoms with Gasteiger partial charge in [-0.15, -0.1) is 0 Å². The van der Waals surface area contributed by atoms with Gasteiger partial charge >= 0.3 is 4.87 Å². The van der Waals surface area contributed by atoms with Crippen molar-refractivity contribution in [3.63, 3.8) is 0 Å². The number of rotatable bonds is 6. The molecule has 0 atom stereocenters. The van der Waals surface area contributed by atoms with Crippen LogP contribution in [0.3, 0.4) is 0 Å². The highest BCUT2D eigenvalue weighted by Gasteiger charge is 2.20. The van der Waals surface area contributed by atoms with E-state index >= 15 is 0 Å². The predicted octanol–water partition coefficient (Wildman–Crippen LogP) is 3.49. The molecule has 2 aromatic carbocycles. The SMILES string of the molecule is Cc1cc(C)cc(NS(=O)(=O)c2ccc3c(c2)sc(=O)n3CCC(=O)N2CCCC2)c1. The molecule has 1 aliphatic heterocycles. The van der Waals surface area contributed by atoms with Crippen molar-refractivity contribution >= 4 is 43.2 Å². The average molecular weight is 460 g/mol. The Morgan fingerprint density at radius 2 is 1.74 bits per heavy atom. The zero-order valence-electron chi connectivity index (χ0n) is 17.6. The Morgan fingerprint density at radius 3 is 2.42 bits per heavy atom. The maximum Gasteiger partial charge on any atom is 0.308 e. The minimum atomic E-state index is -3.79. The molecule has 2 heterocycles. The van der Waals surface area contributed by atoms with Crippen molar-refractivity contribution in [1.82, 2.24) is 9.47 Å². The molecule has 0 aliphatic carbocycles. The molecule has 0 saturated carbocycles. The molecule has 0 spiro atoms. The van der Waals surface area contributed by atoms with Crippen molar-refractivity contribution < 1.29 is 13.2 Å². The summed E-state index contributed by atoms with van der Waals surface area (Å²) in [5, 5.41) is 0. The molecular formula is C22H25N3O4S2. The molecule has 0 bridgehead atoms. The standard InChI is InChI=1S/C22H25N3O4S2/c1-15-11-16(2)13-17(12-15)23-31(28,29)18-5-6-19-20(14-18)30-22(27)25(19)10-7-21(26)24-8-3-4-9-24/h5-6,11-14,23H,3-4,7-10H2,1-2H3. The number of thiazole rings is 1. The first-order valence-electron chi connectivity index (χ1n) is 10.3. The van der Waals surface area contributed by atoms with E-state index in [0.29, 0.717) is 22.4 Å². The summed E-state index contributed by atoms with van der Waals surface area (Å²) in [5.74, 6) is 0.0561. The van der Waals surface area contributed by atoms with Gasteiger partial charge in [0.25, 0.3) is 10.0 Å². The van der Waals surface area contributed by atoms with E-state index in [1.54, 1.807) is 22.8 Å². The molecule has 1 aromatic heterocycles. The number of anilines is 1. The number of nitrogens with zero attached hydrogens (tertiary/aromatic N) is 2. The molecule has 0 unspecified atom stereocenters. The van der Waals surface area contributed by atoms with Gasteiger partial charge in [0, 0.05) is 31.7 Å². The van der Waals surface area contributed by atoms with Crippen LogP contribution in [0.25, 0.3) is 10.2 Å². The number of fused-ring (bicyclic) bond motifs is 1. The Hall–Kier alpha value is -2.65. The summed E-state index contributed by atoms with van der Waals surface area (Å²) in [6, 6.07) is 10.2. The van der Waals surface area contributed by atoms with Gasteiger partial charge in [-0.25, -0.2) is 8.42 Å². The molecule has 164 valence electrons. The summed E-state index contributed by atoms with van der Waals surface area (Å²) in [5.41, 5.74) is 3.08. The number of carbonyl (C=O) groups is 1. The van der Waals surface area contributed by atoms with Crippen molar-refractivity contribution in [2.45, 2.75) is 44.6 Å². The van der Waals surface area contributed by atoms with Crippen molar-refractivity contribution in [3.05, 3.63) is 57.2 Å². The van der Waals surface area contributed by atoms with Gasteiger partial charge in [-0.2, -0.15) is 0 Å². The number of hydrogen-bond acceptors (Lipinski definition) is 5. The van der Waals surface area contributed by atoms with Crippen LogP contribution >= 0.6 is 11.3 Å². The average Bonchev–Trinajstić information content (AvgIpc) is 3.32. The Labute approximate surface area is 185 Å². The third-order valence-corrected chi connectivity index (χ3v) is 7.75. The summed E-state index contributed by atoms with van der Waals surface area (Å²) in [6.45, 7) is 5.68. The van der Waals surface area contributed by atoms with Crippen LogP contribution in [0.2, 0.25) is 0 Å². The summed E-state index contributed by atoms with van der Waals surface area (Å²) < 4.78 is 30.5. The molecule has 9 heteroatoms. The fourth-order valence-corrected chi connectivity index (χ4v) is 6.10. The number of aryl methyl sites for hydroxylation is 3. The number of benzene rings is 2. The van der Waals surface area contributed by atoms with Crippen molar-refractivity contribution in [1.29, 1.82) is 0 Å². The van der Waals surface area contributed by atoms with Gasteiger partial charge in [0.05, 0.1) is 15.1 Å². The van der Waals surface area contributed by atoms with E-state index in [2.05, 4.69) is 4.72 Å². The lowest BCUT2D eigenvalue weighted by Gasteiger charge is -2.15. The molecular weight excluding hydrogens is 434 g/mol. The van der Waals surface area contributed by atoms with Crippen LogP contribution in [0.4, 0.5) is 5.69 Å². The molecule has 1 amide bonds. The zero-order valence-corrected chi connectivity index (χ0v) is 19.2. The second-order valence-corrected chi connectivity index (χ2v) is 10.6. The van der Waals surface area contributed by atoms with E-state index in [0.717, 1.165) is 48.4 Å². The molecule has 1 fully saturated rings. The van der Waals surface area contributed by atoms with Gasteiger partial charge in [-0.3, -0.25) is 18.9 Å². The first kappa shape index (κ1) is 21.6. The molecule has 4 rings (SSSR count). The number of sulfonamides is 1. The zero-order chi connectivity index (χ0) is 22.2. The number of carbonyl (C=O) groups excluding carboxylic acids is 1. The van der Waals surface area contributed by atoms with E-state index in [-0.39, 0.29) is 22.1 Å². The lowest BCUT2D eigenvalue weighted by atomic mass is 10.1. The Bertz CT molecular complexity index is 1280. The maximum atomic E-state index is 12.9. The van der Waals surface area contributed by atoms with E-state index in [1.807, 2.05) is 24.8 Å². The Morgan fingerprint density at radius 1 is 1.06 bits per heavy atom. The maximum absolute atomic E-state index is 12.9. The van der Waals surface area contributed by atoms with E-state index < -0.39 is 10.0 Å². The van der Waals surface area contributed by atoms with Gasteiger partial charge < -0.3 is 4.90 Å². The Kier molecular flexibility index (Phi) is 5.90. The second kappa shape index (κ2) is 8.47. The molecule has 31 heavy (non-hydrogen) atoms. The van der Waals surface area contributed by atoms with Crippen molar-refractivity contribution in [2.75, 3.05) is 17.8 Å². The first-order valence-corrected chi connectivity index (χ1v) is 12.6. The lowest BCUT2D eigenvalue weighted by Crippen LogP contribution is -2.29. The predicted molar refractivity (Wildman–Crippen MR) is 123 cm³/mol. The first-order chi connectivity index (χ1) is 14.7. The number of amides is 1. The number of aromatic nitrogens is 1. The van der Waals surface area contributed by atoms with E-state index in [4.69, 9.17) is 0 Å². The van der Waals surface area contributed by atoms with Crippen LogP contribution in [0, 0.1) is 13.8 Å². The normalized spacial score (nSPS) is 14.3. The fourth-order valence-electron chi connectivity index (χ4n) is 4.01. The summed E-state index contributed by atoms with van der Waals surface area (Å²) in [6.07, 6.45) is 2.32. The third-order valence-electron chi connectivity index (χ3n) is 5.43. The summed E-state index contributed by atoms with van der Waals surface area (Å²) >= 11 is 0.994. The monoisotopic (exact) mass is 459 g/mol. The number of hydrogen-bond donors (Lipinski definition) is 1.